The minimum absolute atomic E-state index is 0.358. The van der Waals surface area contributed by atoms with Crippen molar-refractivity contribution in [1.29, 1.82) is 0 Å². The standard InChI is InChI=1S/C10H11BrO/c1-7-5-9-8(6-12-7)3-2-4-10(9)11/h2-4,7H,5-6H2,1H3. The first-order chi connectivity index (χ1) is 5.77. The van der Waals surface area contributed by atoms with Crippen molar-refractivity contribution in [3.05, 3.63) is 33.8 Å². The van der Waals surface area contributed by atoms with Crippen molar-refractivity contribution in [1.82, 2.24) is 0 Å². The number of fused-ring (bicyclic) bond motifs is 1. The molecule has 12 heavy (non-hydrogen) atoms. The third-order valence-corrected chi connectivity index (χ3v) is 2.97. The van der Waals surface area contributed by atoms with Crippen LogP contribution in [0.2, 0.25) is 0 Å². The molecule has 1 nitrogen and oxygen atoms in total. The molecule has 1 aromatic rings. The monoisotopic (exact) mass is 226 g/mol. The van der Waals surface area contributed by atoms with Crippen LogP contribution in [0.15, 0.2) is 22.7 Å². The second-order valence-electron chi connectivity index (χ2n) is 3.20. The predicted molar refractivity (Wildman–Crippen MR) is 52.1 cm³/mol. The predicted octanol–water partition coefficient (Wildman–Crippen LogP) is 2.91. The molecule has 0 fully saturated rings. The molecule has 0 saturated carbocycles. The molecular weight excluding hydrogens is 216 g/mol. The van der Waals surface area contributed by atoms with Crippen molar-refractivity contribution < 1.29 is 4.74 Å². The second kappa shape index (κ2) is 3.19. The van der Waals surface area contributed by atoms with Gasteiger partial charge in [0.1, 0.15) is 0 Å². The van der Waals surface area contributed by atoms with Crippen LogP contribution in [-0.2, 0) is 17.8 Å². The van der Waals surface area contributed by atoms with Gasteiger partial charge in [-0.25, -0.2) is 0 Å². The molecule has 64 valence electrons. The van der Waals surface area contributed by atoms with Gasteiger partial charge in [-0.15, -0.1) is 0 Å². The fourth-order valence-electron chi connectivity index (χ4n) is 1.55. The smallest absolute Gasteiger partial charge is 0.0723 e. The number of ether oxygens (including phenoxy) is 1. The van der Waals surface area contributed by atoms with Crippen LogP contribution in [0.5, 0.6) is 0 Å². The SMILES string of the molecule is CC1Cc2c(Br)cccc2CO1. The number of halogens is 1. The molecule has 1 aliphatic heterocycles. The van der Waals surface area contributed by atoms with Gasteiger partial charge in [0.2, 0.25) is 0 Å². The van der Waals surface area contributed by atoms with Crippen molar-refractivity contribution >= 4 is 15.9 Å². The molecule has 1 heterocycles. The maximum atomic E-state index is 5.54. The molecule has 0 spiro atoms. The van der Waals surface area contributed by atoms with Crippen LogP contribution < -0.4 is 0 Å². The highest BCUT2D eigenvalue weighted by Crippen LogP contribution is 2.27. The lowest BCUT2D eigenvalue weighted by Crippen LogP contribution is -2.19. The summed E-state index contributed by atoms with van der Waals surface area (Å²) in [5, 5.41) is 0. The Morgan fingerprint density at radius 2 is 2.33 bits per heavy atom. The van der Waals surface area contributed by atoms with Crippen molar-refractivity contribution in [2.45, 2.75) is 26.1 Å². The summed E-state index contributed by atoms with van der Waals surface area (Å²) in [6.45, 7) is 2.87. The van der Waals surface area contributed by atoms with Gasteiger partial charge in [0, 0.05) is 4.47 Å². The van der Waals surface area contributed by atoms with E-state index in [1.54, 1.807) is 0 Å². The van der Waals surface area contributed by atoms with Gasteiger partial charge in [-0.2, -0.15) is 0 Å². The molecule has 1 aliphatic rings. The summed E-state index contributed by atoms with van der Waals surface area (Å²) in [6.07, 6.45) is 1.38. The summed E-state index contributed by atoms with van der Waals surface area (Å²) >= 11 is 3.55. The van der Waals surface area contributed by atoms with Gasteiger partial charge in [-0.3, -0.25) is 0 Å². The molecule has 2 rings (SSSR count). The van der Waals surface area contributed by atoms with Crippen molar-refractivity contribution in [2.24, 2.45) is 0 Å². The van der Waals surface area contributed by atoms with Crippen LogP contribution >= 0.6 is 15.9 Å². The van der Waals surface area contributed by atoms with E-state index in [1.807, 2.05) is 0 Å². The van der Waals surface area contributed by atoms with Crippen LogP contribution in [0.4, 0.5) is 0 Å². The van der Waals surface area contributed by atoms with Gasteiger partial charge >= 0.3 is 0 Å². The number of benzene rings is 1. The van der Waals surface area contributed by atoms with E-state index < -0.39 is 0 Å². The Balaban J connectivity index is 2.43. The molecule has 0 radical (unpaired) electrons. The highest BCUT2D eigenvalue weighted by Gasteiger charge is 2.16. The number of rotatable bonds is 0. The molecule has 1 aromatic carbocycles. The molecule has 0 aromatic heterocycles. The van der Waals surface area contributed by atoms with Crippen molar-refractivity contribution in [3.8, 4) is 0 Å². The van der Waals surface area contributed by atoms with Crippen LogP contribution in [0.1, 0.15) is 18.1 Å². The molecule has 0 bridgehead atoms. The van der Waals surface area contributed by atoms with Crippen molar-refractivity contribution in [3.63, 3.8) is 0 Å². The van der Waals surface area contributed by atoms with E-state index in [4.69, 9.17) is 4.74 Å². The summed E-state index contributed by atoms with van der Waals surface area (Å²) in [5.41, 5.74) is 2.73. The zero-order chi connectivity index (χ0) is 8.55. The number of hydrogen-bond acceptors (Lipinski definition) is 1. The summed E-state index contributed by atoms with van der Waals surface area (Å²) in [7, 11) is 0. The summed E-state index contributed by atoms with van der Waals surface area (Å²) in [5.74, 6) is 0. The fraction of sp³-hybridized carbons (Fsp3) is 0.400. The minimum Gasteiger partial charge on any atom is -0.373 e. The topological polar surface area (TPSA) is 9.23 Å². The quantitative estimate of drug-likeness (QED) is 0.662. The minimum atomic E-state index is 0.358. The maximum Gasteiger partial charge on any atom is 0.0723 e. The van der Waals surface area contributed by atoms with Crippen LogP contribution in [0.25, 0.3) is 0 Å². The van der Waals surface area contributed by atoms with E-state index in [9.17, 15) is 0 Å². The lowest BCUT2D eigenvalue weighted by atomic mass is 10.0. The Labute approximate surface area is 80.9 Å². The Bertz CT molecular complexity index is 296. The lowest BCUT2D eigenvalue weighted by Gasteiger charge is -2.23. The fourth-order valence-corrected chi connectivity index (χ4v) is 2.11. The Morgan fingerprint density at radius 3 is 3.17 bits per heavy atom. The Morgan fingerprint density at radius 1 is 1.50 bits per heavy atom. The largest absolute Gasteiger partial charge is 0.373 e. The first-order valence-corrected chi connectivity index (χ1v) is 4.94. The molecule has 0 aliphatic carbocycles. The third kappa shape index (κ3) is 1.41. The lowest BCUT2D eigenvalue weighted by molar-refractivity contribution is 0.0408. The molecule has 0 amide bonds. The van der Waals surface area contributed by atoms with Crippen molar-refractivity contribution in [2.75, 3.05) is 0 Å². The molecular formula is C10H11BrO. The number of hydrogen-bond donors (Lipinski definition) is 0. The second-order valence-corrected chi connectivity index (χ2v) is 4.06. The zero-order valence-corrected chi connectivity index (χ0v) is 8.60. The van der Waals surface area contributed by atoms with Gasteiger partial charge in [-0.05, 0) is 30.5 Å². The molecule has 1 atom stereocenters. The van der Waals surface area contributed by atoms with Gasteiger partial charge < -0.3 is 4.74 Å². The van der Waals surface area contributed by atoms with Crippen LogP contribution in [0, 0.1) is 0 Å². The van der Waals surface area contributed by atoms with Crippen LogP contribution in [-0.4, -0.2) is 6.10 Å². The average Bonchev–Trinajstić information content (AvgIpc) is 2.07. The van der Waals surface area contributed by atoms with Gasteiger partial charge in [0.15, 0.2) is 0 Å². The average molecular weight is 227 g/mol. The highest BCUT2D eigenvalue weighted by atomic mass is 79.9. The van der Waals surface area contributed by atoms with Gasteiger partial charge in [-0.1, -0.05) is 28.1 Å². The van der Waals surface area contributed by atoms with E-state index >= 15 is 0 Å². The Hall–Kier alpha value is -0.340. The molecule has 2 heteroatoms. The van der Waals surface area contributed by atoms with E-state index in [2.05, 4.69) is 41.1 Å². The van der Waals surface area contributed by atoms with E-state index in [-0.39, 0.29) is 0 Å². The van der Waals surface area contributed by atoms with Crippen LogP contribution in [0.3, 0.4) is 0 Å². The molecule has 1 unspecified atom stereocenters. The Kier molecular flexibility index (Phi) is 2.20. The normalized spacial score (nSPS) is 22.0. The zero-order valence-electron chi connectivity index (χ0n) is 7.01. The highest BCUT2D eigenvalue weighted by molar-refractivity contribution is 9.10. The summed E-state index contributed by atoms with van der Waals surface area (Å²) < 4.78 is 6.76. The first kappa shape index (κ1) is 8.27. The summed E-state index contributed by atoms with van der Waals surface area (Å²) in [6, 6.07) is 6.28. The molecule has 0 saturated heterocycles. The first-order valence-electron chi connectivity index (χ1n) is 4.15. The summed E-state index contributed by atoms with van der Waals surface area (Å²) in [4.78, 5) is 0. The molecule has 0 N–H and O–H groups in total. The van der Waals surface area contributed by atoms with E-state index in [1.165, 1.54) is 15.6 Å². The van der Waals surface area contributed by atoms with Gasteiger partial charge in [0.05, 0.1) is 12.7 Å². The van der Waals surface area contributed by atoms with Gasteiger partial charge in [0.25, 0.3) is 0 Å². The maximum absolute atomic E-state index is 5.54. The van der Waals surface area contributed by atoms with E-state index in [0.717, 1.165) is 13.0 Å². The third-order valence-electron chi connectivity index (χ3n) is 2.23. The van der Waals surface area contributed by atoms with E-state index in [0.29, 0.717) is 6.10 Å².